The molecule has 1 saturated carbocycles. The van der Waals surface area contributed by atoms with Gasteiger partial charge in [-0.2, -0.15) is 5.10 Å². The highest BCUT2D eigenvalue weighted by atomic mass is 16.2. The highest BCUT2D eigenvalue weighted by Gasteiger charge is 2.57. The summed E-state index contributed by atoms with van der Waals surface area (Å²) in [6, 6.07) is 10.1. The summed E-state index contributed by atoms with van der Waals surface area (Å²) >= 11 is 0. The van der Waals surface area contributed by atoms with E-state index >= 15 is 0 Å². The predicted octanol–water partition coefficient (Wildman–Crippen LogP) is 2.65. The molecule has 3 heterocycles. The monoisotopic (exact) mass is 392 g/mol. The van der Waals surface area contributed by atoms with E-state index in [1.54, 1.807) is 6.20 Å². The van der Waals surface area contributed by atoms with Crippen molar-refractivity contribution in [1.29, 1.82) is 0 Å². The molecule has 2 saturated heterocycles. The first kappa shape index (κ1) is 18.4. The topological polar surface area (TPSA) is 58.4 Å². The first-order chi connectivity index (χ1) is 13.9. The Labute approximate surface area is 171 Å². The van der Waals surface area contributed by atoms with E-state index in [-0.39, 0.29) is 22.7 Å². The van der Waals surface area contributed by atoms with Gasteiger partial charge in [-0.1, -0.05) is 44.2 Å². The van der Waals surface area contributed by atoms with Gasteiger partial charge in [0.25, 0.3) is 5.91 Å². The minimum Gasteiger partial charge on any atom is -0.341 e. The third-order valence-electron chi connectivity index (χ3n) is 6.97. The SMILES string of the molecule is CC1(C)C[C@@H]1C(=O)N1CC2(CCN(C(=O)c3cnn(Cc4ccccc4)c3)C2)C1. The molecule has 0 radical (unpaired) electrons. The Morgan fingerprint density at radius 1 is 1.10 bits per heavy atom. The van der Waals surface area contributed by atoms with Gasteiger partial charge in [-0.3, -0.25) is 14.3 Å². The van der Waals surface area contributed by atoms with Crippen molar-refractivity contribution < 1.29 is 9.59 Å². The van der Waals surface area contributed by atoms with E-state index in [1.165, 1.54) is 0 Å². The first-order valence-electron chi connectivity index (χ1n) is 10.5. The zero-order valence-corrected chi connectivity index (χ0v) is 17.2. The van der Waals surface area contributed by atoms with Gasteiger partial charge in [-0.05, 0) is 23.8 Å². The number of likely N-dealkylation sites (tertiary alicyclic amines) is 2. The Balaban J connectivity index is 1.17. The molecule has 1 spiro atoms. The molecular formula is C23H28N4O2. The standard InChI is InChI=1S/C23H28N4O2/c1-22(2)10-19(22)21(29)26-15-23(16-26)8-9-25(14-23)20(28)18-11-24-27(13-18)12-17-6-4-3-5-7-17/h3-7,11,13,19H,8-10,12,14-16H2,1-2H3/t19-/m1/s1. The largest absolute Gasteiger partial charge is 0.341 e. The molecule has 0 bridgehead atoms. The van der Waals surface area contributed by atoms with E-state index < -0.39 is 0 Å². The molecule has 2 amide bonds. The van der Waals surface area contributed by atoms with Crippen molar-refractivity contribution in [3.8, 4) is 0 Å². The van der Waals surface area contributed by atoms with Crippen molar-refractivity contribution in [2.75, 3.05) is 26.2 Å². The van der Waals surface area contributed by atoms with Gasteiger partial charge in [-0.15, -0.1) is 0 Å². The molecule has 2 aromatic rings. The smallest absolute Gasteiger partial charge is 0.257 e. The summed E-state index contributed by atoms with van der Waals surface area (Å²) in [7, 11) is 0. The van der Waals surface area contributed by atoms with Crippen molar-refractivity contribution in [1.82, 2.24) is 19.6 Å². The molecule has 1 atom stereocenters. The fraction of sp³-hybridized carbons (Fsp3) is 0.522. The maximum atomic E-state index is 13.0. The molecule has 0 N–H and O–H groups in total. The first-order valence-corrected chi connectivity index (χ1v) is 10.5. The number of hydrogen-bond acceptors (Lipinski definition) is 3. The summed E-state index contributed by atoms with van der Waals surface area (Å²) in [5.41, 5.74) is 2.08. The predicted molar refractivity (Wildman–Crippen MR) is 109 cm³/mol. The van der Waals surface area contributed by atoms with Crippen molar-refractivity contribution in [2.45, 2.75) is 33.2 Å². The van der Waals surface area contributed by atoms with Gasteiger partial charge in [0.15, 0.2) is 0 Å². The zero-order valence-electron chi connectivity index (χ0n) is 17.2. The van der Waals surface area contributed by atoms with E-state index in [0.29, 0.717) is 18.0 Å². The van der Waals surface area contributed by atoms with Gasteiger partial charge in [0.05, 0.1) is 18.3 Å². The molecule has 3 aliphatic rings. The number of carbonyl (C=O) groups excluding carboxylic acids is 2. The number of rotatable bonds is 4. The Hall–Kier alpha value is -2.63. The Bertz CT molecular complexity index is 943. The van der Waals surface area contributed by atoms with Crippen molar-refractivity contribution in [2.24, 2.45) is 16.7 Å². The van der Waals surface area contributed by atoms with Crippen LogP contribution in [0.5, 0.6) is 0 Å². The molecule has 152 valence electrons. The third kappa shape index (κ3) is 3.34. The Morgan fingerprint density at radius 2 is 1.79 bits per heavy atom. The lowest BCUT2D eigenvalue weighted by atomic mass is 9.78. The molecule has 0 unspecified atom stereocenters. The quantitative estimate of drug-likeness (QED) is 0.804. The van der Waals surface area contributed by atoms with Gasteiger partial charge < -0.3 is 9.80 Å². The van der Waals surface area contributed by atoms with Crippen LogP contribution in [0.2, 0.25) is 0 Å². The van der Waals surface area contributed by atoms with E-state index in [1.807, 2.05) is 38.9 Å². The van der Waals surface area contributed by atoms with Crippen molar-refractivity contribution in [3.63, 3.8) is 0 Å². The molecule has 5 rings (SSSR count). The van der Waals surface area contributed by atoms with Crippen LogP contribution in [0.15, 0.2) is 42.7 Å². The van der Waals surface area contributed by atoms with Crippen LogP contribution in [0.3, 0.4) is 0 Å². The molecule has 1 aliphatic carbocycles. The van der Waals surface area contributed by atoms with Crippen molar-refractivity contribution >= 4 is 11.8 Å². The molecule has 6 heteroatoms. The number of benzene rings is 1. The Kier molecular flexibility index (Phi) is 4.09. The summed E-state index contributed by atoms with van der Waals surface area (Å²) in [4.78, 5) is 29.5. The number of hydrogen-bond donors (Lipinski definition) is 0. The number of carbonyl (C=O) groups is 2. The molecule has 29 heavy (non-hydrogen) atoms. The minimum absolute atomic E-state index is 0.0503. The van der Waals surface area contributed by atoms with Crippen molar-refractivity contribution in [3.05, 3.63) is 53.9 Å². The molecule has 1 aromatic carbocycles. The van der Waals surface area contributed by atoms with E-state index in [4.69, 9.17) is 0 Å². The molecule has 6 nitrogen and oxygen atoms in total. The summed E-state index contributed by atoms with van der Waals surface area (Å²) in [5.74, 6) is 0.566. The second-order valence-corrected chi connectivity index (χ2v) is 9.83. The average Bonchev–Trinajstić information content (AvgIpc) is 3.07. The van der Waals surface area contributed by atoms with Gasteiger partial charge >= 0.3 is 0 Å². The van der Waals surface area contributed by atoms with E-state index in [9.17, 15) is 9.59 Å². The summed E-state index contributed by atoms with van der Waals surface area (Å²) in [6.45, 7) is 8.10. The second-order valence-electron chi connectivity index (χ2n) is 9.83. The van der Waals surface area contributed by atoms with Crippen LogP contribution in [0.4, 0.5) is 0 Å². The third-order valence-corrected chi connectivity index (χ3v) is 6.97. The maximum absolute atomic E-state index is 13.0. The maximum Gasteiger partial charge on any atom is 0.257 e. The lowest BCUT2D eigenvalue weighted by molar-refractivity contribution is -0.144. The lowest BCUT2D eigenvalue weighted by Gasteiger charge is -2.48. The van der Waals surface area contributed by atoms with Crippen LogP contribution in [-0.2, 0) is 11.3 Å². The highest BCUT2D eigenvalue weighted by molar-refractivity contribution is 5.94. The van der Waals surface area contributed by atoms with Crippen LogP contribution in [-0.4, -0.2) is 57.6 Å². The molecule has 1 aromatic heterocycles. The zero-order chi connectivity index (χ0) is 20.2. The van der Waals surface area contributed by atoms with Crippen LogP contribution in [0, 0.1) is 16.7 Å². The van der Waals surface area contributed by atoms with Crippen LogP contribution in [0.25, 0.3) is 0 Å². The fourth-order valence-corrected chi connectivity index (χ4v) is 4.91. The second kappa shape index (κ2) is 6.44. The molecule has 2 aliphatic heterocycles. The van der Waals surface area contributed by atoms with Gasteiger partial charge in [0.1, 0.15) is 0 Å². The van der Waals surface area contributed by atoms with Gasteiger partial charge in [0.2, 0.25) is 5.91 Å². The number of amides is 2. The number of aromatic nitrogens is 2. The lowest BCUT2D eigenvalue weighted by Crippen LogP contribution is -2.60. The number of nitrogens with zero attached hydrogens (tertiary/aromatic N) is 4. The minimum atomic E-state index is 0.0503. The van der Waals surface area contributed by atoms with Crippen LogP contribution >= 0.6 is 0 Å². The summed E-state index contributed by atoms with van der Waals surface area (Å²) in [6.07, 6.45) is 5.50. The van der Waals surface area contributed by atoms with Gasteiger partial charge in [0, 0.05) is 43.7 Å². The van der Waals surface area contributed by atoms with E-state index in [2.05, 4.69) is 31.1 Å². The highest BCUT2D eigenvalue weighted by Crippen LogP contribution is 2.54. The van der Waals surface area contributed by atoms with Gasteiger partial charge in [-0.25, -0.2) is 0 Å². The summed E-state index contributed by atoms with van der Waals surface area (Å²) in [5, 5.41) is 4.37. The van der Waals surface area contributed by atoms with Crippen LogP contribution < -0.4 is 0 Å². The molecule has 3 fully saturated rings. The van der Waals surface area contributed by atoms with E-state index in [0.717, 1.165) is 44.6 Å². The van der Waals surface area contributed by atoms with Crippen LogP contribution in [0.1, 0.15) is 42.6 Å². The average molecular weight is 393 g/mol. The molecular weight excluding hydrogens is 364 g/mol. The Morgan fingerprint density at radius 3 is 2.48 bits per heavy atom. The summed E-state index contributed by atoms with van der Waals surface area (Å²) < 4.78 is 1.82. The fourth-order valence-electron chi connectivity index (χ4n) is 4.91. The normalized spacial score (nSPS) is 23.9.